The lowest BCUT2D eigenvalue weighted by Gasteiger charge is -2.35. The second-order valence-corrected chi connectivity index (χ2v) is 8.91. The molecule has 162 valence electrons. The Morgan fingerprint density at radius 3 is 2.29 bits per heavy atom. The zero-order valence-electron chi connectivity index (χ0n) is 17.5. The predicted octanol–water partition coefficient (Wildman–Crippen LogP) is 1.81. The van der Waals surface area contributed by atoms with Crippen LogP contribution in [0.2, 0.25) is 0 Å². The zero-order valence-corrected chi connectivity index (χ0v) is 18.3. The van der Waals surface area contributed by atoms with Gasteiger partial charge in [-0.15, -0.1) is 11.3 Å². The molecular weight excluding hydrogens is 416 g/mol. The number of carbonyl (C=O) groups excluding carboxylic acids is 4. The number of urea groups is 1. The van der Waals surface area contributed by atoms with E-state index < -0.39 is 17.5 Å². The summed E-state index contributed by atoms with van der Waals surface area (Å²) in [6, 6.07) is 10.4. The highest BCUT2D eigenvalue weighted by Crippen LogP contribution is 2.29. The van der Waals surface area contributed by atoms with E-state index in [-0.39, 0.29) is 18.4 Å². The highest BCUT2D eigenvalue weighted by molar-refractivity contribution is 7.12. The van der Waals surface area contributed by atoms with Gasteiger partial charge in [0.15, 0.2) is 0 Å². The van der Waals surface area contributed by atoms with Gasteiger partial charge < -0.3 is 15.1 Å². The maximum Gasteiger partial charge on any atom is 0.325 e. The molecule has 1 aromatic carbocycles. The van der Waals surface area contributed by atoms with E-state index in [1.807, 2.05) is 42.6 Å². The molecule has 2 saturated heterocycles. The number of nitrogens with one attached hydrogen (secondary N) is 1. The van der Waals surface area contributed by atoms with Crippen LogP contribution in [0, 0.1) is 6.92 Å². The number of nitrogens with zero attached hydrogens (tertiary/aromatic N) is 3. The Kier molecular flexibility index (Phi) is 5.53. The fraction of sp³-hybridized carbons (Fsp3) is 0.364. The van der Waals surface area contributed by atoms with E-state index in [1.54, 1.807) is 22.8 Å². The van der Waals surface area contributed by atoms with Gasteiger partial charge in [-0.05, 0) is 30.9 Å². The van der Waals surface area contributed by atoms with E-state index in [2.05, 4.69) is 5.32 Å². The summed E-state index contributed by atoms with van der Waals surface area (Å²) in [5.41, 5.74) is 0.525. The van der Waals surface area contributed by atoms with E-state index in [4.69, 9.17) is 0 Å². The molecule has 31 heavy (non-hydrogen) atoms. The van der Waals surface area contributed by atoms with Crippen LogP contribution in [0.15, 0.2) is 41.8 Å². The Labute approximate surface area is 184 Å². The normalized spacial score (nSPS) is 21.4. The van der Waals surface area contributed by atoms with Crippen molar-refractivity contribution in [1.82, 2.24) is 20.0 Å². The van der Waals surface area contributed by atoms with Gasteiger partial charge in [0.25, 0.3) is 11.8 Å². The molecule has 1 atom stereocenters. The molecule has 2 fully saturated rings. The van der Waals surface area contributed by atoms with Crippen LogP contribution in [0.5, 0.6) is 0 Å². The summed E-state index contributed by atoms with van der Waals surface area (Å²) in [6.45, 7) is 4.86. The Balaban J connectivity index is 1.37. The van der Waals surface area contributed by atoms with Crippen molar-refractivity contribution in [2.45, 2.75) is 19.4 Å². The number of imide groups is 1. The van der Waals surface area contributed by atoms with Crippen molar-refractivity contribution in [3.05, 3.63) is 57.8 Å². The van der Waals surface area contributed by atoms with Gasteiger partial charge >= 0.3 is 6.03 Å². The minimum absolute atomic E-state index is 0.0370. The lowest BCUT2D eigenvalue weighted by molar-refractivity contribution is -0.139. The van der Waals surface area contributed by atoms with Crippen molar-refractivity contribution in [3.8, 4) is 0 Å². The number of rotatable bonds is 4. The zero-order chi connectivity index (χ0) is 22.2. The molecule has 1 N–H and O–H groups in total. The Bertz CT molecular complexity index is 1010. The summed E-state index contributed by atoms with van der Waals surface area (Å²) in [5.74, 6) is -0.786. The summed E-state index contributed by atoms with van der Waals surface area (Å²) in [6.07, 6.45) is 0. The van der Waals surface area contributed by atoms with Gasteiger partial charge in [-0.2, -0.15) is 0 Å². The lowest BCUT2D eigenvalue weighted by Crippen LogP contribution is -2.53. The summed E-state index contributed by atoms with van der Waals surface area (Å²) < 4.78 is 0. The molecule has 4 rings (SSSR count). The Morgan fingerprint density at radius 2 is 1.68 bits per heavy atom. The van der Waals surface area contributed by atoms with Crippen LogP contribution in [0.3, 0.4) is 0 Å². The third kappa shape index (κ3) is 3.93. The summed E-state index contributed by atoms with van der Waals surface area (Å²) >= 11 is 1.39. The first-order chi connectivity index (χ1) is 14.8. The highest BCUT2D eigenvalue weighted by Gasteiger charge is 2.49. The van der Waals surface area contributed by atoms with Gasteiger partial charge in [0.2, 0.25) is 5.91 Å². The number of aryl methyl sites for hydroxylation is 1. The molecule has 9 heteroatoms. The molecule has 0 saturated carbocycles. The van der Waals surface area contributed by atoms with Crippen LogP contribution >= 0.6 is 11.3 Å². The second-order valence-electron chi connectivity index (χ2n) is 7.96. The van der Waals surface area contributed by atoms with Crippen molar-refractivity contribution in [3.63, 3.8) is 0 Å². The fourth-order valence-electron chi connectivity index (χ4n) is 3.87. The summed E-state index contributed by atoms with van der Waals surface area (Å²) in [5, 5.41) is 4.58. The van der Waals surface area contributed by atoms with Crippen molar-refractivity contribution in [2.24, 2.45) is 0 Å². The standard InChI is InChI=1S/C22H24N4O4S/c1-15-5-7-16(8-6-15)22(2)20(29)26(21(30)23-22)14-18(27)24-9-11-25(12-10-24)19(28)17-4-3-13-31-17/h3-8,13H,9-12,14H2,1-2H3,(H,23,30)/t22-/m0/s1. The molecule has 0 unspecified atom stereocenters. The maximum atomic E-state index is 13.0. The molecule has 1 aromatic heterocycles. The molecule has 0 aliphatic carbocycles. The number of thiophene rings is 1. The van der Waals surface area contributed by atoms with Crippen LogP contribution < -0.4 is 5.32 Å². The third-order valence-electron chi connectivity index (χ3n) is 5.85. The molecule has 2 aliphatic heterocycles. The molecule has 2 aromatic rings. The molecule has 2 aliphatic rings. The van der Waals surface area contributed by atoms with Gasteiger partial charge in [0.05, 0.1) is 4.88 Å². The molecule has 3 heterocycles. The second kappa shape index (κ2) is 8.14. The largest absolute Gasteiger partial charge is 0.338 e. The minimum Gasteiger partial charge on any atom is -0.338 e. The summed E-state index contributed by atoms with van der Waals surface area (Å²) in [7, 11) is 0. The molecule has 0 bridgehead atoms. The minimum atomic E-state index is -1.20. The van der Waals surface area contributed by atoms with Crippen LogP contribution in [0.4, 0.5) is 4.79 Å². The number of hydrogen-bond acceptors (Lipinski definition) is 5. The monoisotopic (exact) mass is 440 g/mol. The van der Waals surface area contributed by atoms with Crippen molar-refractivity contribution in [2.75, 3.05) is 32.7 Å². The first-order valence-electron chi connectivity index (χ1n) is 10.1. The van der Waals surface area contributed by atoms with E-state index in [9.17, 15) is 19.2 Å². The first kappa shape index (κ1) is 21.0. The average molecular weight is 441 g/mol. The van der Waals surface area contributed by atoms with Crippen molar-refractivity contribution >= 4 is 35.1 Å². The Morgan fingerprint density at radius 1 is 1.03 bits per heavy atom. The fourth-order valence-corrected chi connectivity index (χ4v) is 4.56. The van der Waals surface area contributed by atoms with Crippen LogP contribution in [0.1, 0.15) is 27.7 Å². The Hall–Kier alpha value is -3.20. The van der Waals surface area contributed by atoms with Gasteiger partial charge in [0, 0.05) is 26.2 Å². The smallest absolute Gasteiger partial charge is 0.325 e. The predicted molar refractivity (Wildman–Crippen MR) is 116 cm³/mol. The number of amides is 5. The highest BCUT2D eigenvalue weighted by atomic mass is 32.1. The third-order valence-corrected chi connectivity index (χ3v) is 6.71. The number of piperazine rings is 1. The van der Waals surface area contributed by atoms with Crippen LogP contribution in [-0.4, -0.2) is 71.2 Å². The maximum absolute atomic E-state index is 13.0. The number of carbonyl (C=O) groups is 4. The van der Waals surface area contributed by atoms with Crippen LogP contribution in [0.25, 0.3) is 0 Å². The van der Waals surface area contributed by atoms with Crippen molar-refractivity contribution in [1.29, 1.82) is 0 Å². The van der Waals surface area contributed by atoms with Crippen LogP contribution in [-0.2, 0) is 15.1 Å². The van der Waals surface area contributed by atoms with E-state index >= 15 is 0 Å². The van der Waals surface area contributed by atoms with E-state index in [0.717, 1.165) is 10.5 Å². The average Bonchev–Trinajstić information content (AvgIpc) is 3.38. The van der Waals surface area contributed by atoms with Crippen molar-refractivity contribution < 1.29 is 19.2 Å². The summed E-state index contributed by atoms with van der Waals surface area (Å²) in [4.78, 5) is 55.8. The topological polar surface area (TPSA) is 90.0 Å². The van der Waals surface area contributed by atoms with E-state index in [1.165, 1.54) is 11.3 Å². The molecular formula is C22H24N4O4S. The number of hydrogen-bond donors (Lipinski definition) is 1. The SMILES string of the molecule is Cc1ccc([C@]2(C)NC(=O)N(CC(=O)N3CCN(C(=O)c4cccs4)CC3)C2=O)cc1. The molecule has 5 amide bonds. The van der Waals surface area contributed by atoms with Gasteiger partial charge in [-0.25, -0.2) is 4.79 Å². The number of benzene rings is 1. The quantitative estimate of drug-likeness (QED) is 0.735. The molecule has 0 spiro atoms. The van der Waals surface area contributed by atoms with Gasteiger partial charge in [-0.1, -0.05) is 35.9 Å². The lowest BCUT2D eigenvalue weighted by atomic mass is 9.91. The van der Waals surface area contributed by atoms with Gasteiger partial charge in [-0.3, -0.25) is 19.3 Å². The first-order valence-corrected chi connectivity index (χ1v) is 11.0. The molecule has 0 radical (unpaired) electrons. The van der Waals surface area contributed by atoms with E-state index in [0.29, 0.717) is 36.6 Å². The molecule has 8 nitrogen and oxygen atoms in total. The van der Waals surface area contributed by atoms with Gasteiger partial charge in [0.1, 0.15) is 12.1 Å².